The van der Waals surface area contributed by atoms with Crippen molar-refractivity contribution in [2.45, 2.75) is 165 Å². The number of carbonyl (C=O) groups is 6. The van der Waals surface area contributed by atoms with Gasteiger partial charge < -0.3 is 45.7 Å². The van der Waals surface area contributed by atoms with E-state index >= 15 is 0 Å². The molecule has 4 amide bonds. The van der Waals surface area contributed by atoms with E-state index in [4.69, 9.17) is 19.3 Å². The van der Waals surface area contributed by atoms with Gasteiger partial charge in [0.15, 0.2) is 0 Å². The summed E-state index contributed by atoms with van der Waals surface area (Å²) in [7, 11) is 2.58. The molecule has 0 radical (unpaired) electrons. The predicted molar refractivity (Wildman–Crippen MR) is 246 cm³/mol. The number of aliphatic hydroxyl groups excluding tert-OH is 1. The summed E-state index contributed by atoms with van der Waals surface area (Å²) >= 11 is 0. The molecule has 2 bridgehead atoms. The lowest BCUT2D eigenvalue weighted by molar-refractivity contribution is -0.146. The highest BCUT2D eigenvalue weighted by atomic mass is 16.5. The monoisotopic (exact) mass is 907 g/mol. The van der Waals surface area contributed by atoms with E-state index in [1.807, 2.05) is 24.3 Å². The fraction of sp³-hybridized carbons (Fsp3) is 0.640. The molecule has 0 spiro atoms. The predicted octanol–water partition coefficient (Wildman–Crippen LogP) is 5.90. The van der Waals surface area contributed by atoms with Crippen LogP contribution >= 0.6 is 0 Å². The highest BCUT2D eigenvalue weighted by Gasteiger charge is 2.35. The molecule has 2 fully saturated rings. The number of esters is 2. The number of aromatic hydroxyl groups is 1. The maximum atomic E-state index is 13.3. The van der Waals surface area contributed by atoms with Crippen LogP contribution in [-0.4, -0.2) is 97.4 Å². The van der Waals surface area contributed by atoms with Gasteiger partial charge in [0, 0.05) is 32.3 Å². The topological polar surface area (TPSA) is 219 Å². The summed E-state index contributed by atoms with van der Waals surface area (Å²) in [6, 6.07) is 11.0. The number of hydrogen-bond acceptors (Lipinski definition) is 11. The molecule has 15 nitrogen and oxygen atoms in total. The van der Waals surface area contributed by atoms with Crippen LogP contribution in [0.5, 0.6) is 11.5 Å². The maximum absolute atomic E-state index is 13.3. The van der Waals surface area contributed by atoms with Crippen LogP contribution in [-0.2, 0) is 51.1 Å². The van der Waals surface area contributed by atoms with E-state index in [0.29, 0.717) is 37.9 Å². The molecule has 3 aliphatic rings. The number of amides is 4. The molecule has 1 heterocycles. The third-order valence-electron chi connectivity index (χ3n) is 12.6. The van der Waals surface area contributed by atoms with Crippen molar-refractivity contribution in [2.24, 2.45) is 11.8 Å². The second-order valence-corrected chi connectivity index (χ2v) is 17.7. The van der Waals surface area contributed by atoms with E-state index in [-0.39, 0.29) is 54.2 Å². The number of rotatable bonds is 15. The minimum absolute atomic E-state index is 0.0242. The van der Waals surface area contributed by atoms with Crippen LogP contribution in [0.15, 0.2) is 48.5 Å². The van der Waals surface area contributed by atoms with Crippen LogP contribution in [0.3, 0.4) is 0 Å². The zero-order chi connectivity index (χ0) is 46.8. The average molecular weight is 907 g/mol. The van der Waals surface area contributed by atoms with Crippen molar-refractivity contribution in [3.05, 3.63) is 59.7 Å². The maximum Gasteiger partial charge on any atom is 0.328 e. The van der Waals surface area contributed by atoms with Crippen LogP contribution in [0.4, 0.5) is 0 Å². The summed E-state index contributed by atoms with van der Waals surface area (Å²) in [5, 5.41) is 30.1. The van der Waals surface area contributed by atoms with E-state index < -0.39 is 36.1 Å². The average Bonchev–Trinajstić information content (AvgIpc) is 3.31. The summed E-state index contributed by atoms with van der Waals surface area (Å²) in [5.74, 6) is -1.11. The van der Waals surface area contributed by atoms with E-state index in [1.165, 1.54) is 20.3 Å². The Hall–Kier alpha value is -5.18. The van der Waals surface area contributed by atoms with Gasteiger partial charge in [-0.2, -0.15) is 0 Å². The van der Waals surface area contributed by atoms with Gasteiger partial charge in [0.05, 0.1) is 20.8 Å². The number of fused-ring (bicyclic) bond motifs is 2. The molecule has 0 aromatic heterocycles. The first-order valence-electron chi connectivity index (χ1n) is 24.0. The first kappa shape index (κ1) is 52.4. The molecule has 4 atom stereocenters. The Labute approximate surface area is 384 Å². The summed E-state index contributed by atoms with van der Waals surface area (Å²) < 4.78 is 15.7. The number of phenols is 1. The SMILES string of the molecule is COC(=O)C(Cc1cccc(O)c1)NC(=O)[C@@H](NC(=O)CCCCCCO)C1CCCCC1.COC(=O)C1Cc2cccc(c2)OCCCCCCC(=O)N[C@@H](C2CCCCC2)C(=O)N1. The molecule has 1 aliphatic heterocycles. The Kier molecular flexibility index (Phi) is 23.7. The fourth-order valence-electron chi connectivity index (χ4n) is 9.01. The lowest BCUT2D eigenvalue weighted by Gasteiger charge is -2.31. The Morgan fingerprint density at radius 2 is 1.48 bits per heavy atom. The van der Waals surface area contributed by atoms with Crippen molar-refractivity contribution in [3.63, 3.8) is 0 Å². The van der Waals surface area contributed by atoms with Gasteiger partial charge in [-0.15, -0.1) is 0 Å². The number of methoxy groups -OCH3 is 2. The van der Waals surface area contributed by atoms with Gasteiger partial charge in [-0.3, -0.25) is 19.2 Å². The molecule has 2 unspecified atom stereocenters. The first-order chi connectivity index (χ1) is 31.5. The Balaban J connectivity index is 0.000000285. The van der Waals surface area contributed by atoms with E-state index in [2.05, 4.69) is 21.3 Å². The van der Waals surface area contributed by atoms with Gasteiger partial charge in [-0.1, -0.05) is 88.5 Å². The Morgan fingerprint density at radius 1 is 0.785 bits per heavy atom. The van der Waals surface area contributed by atoms with Crippen molar-refractivity contribution < 1.29 is 53.2 Å². The smallest absolute Gasteiger partial charge is 0.328 e. The van der Waals surface area contributed by atoms with Gasteiger partial charge in [0.2, 0.25) is 23.6 Å². The van der Waals surface area contributed by atoms with Crippen molar-refractivity contribution in [1.82, 2.24) is 21.3 Å². The molecule has 360 valence electrons. The summed E-state index contributed by atoms with van der Waals surface area (Å²) in [5.41, 5.74) is 1.56. The molecule has 2 aromatic rings. The summed E-state index contributed by atoms with van der Waals surface area (Å²) in [4.78, 5) is 76.6. The van der Waals surface area contributed by atoms with Gasteiger partial charge in [0.25, 0.3) is 0 Å². The molecule has 2 aromatic carbocycles. The summed E-state index contributed by atoms with van der Waals surface area (Å²) in [6.07, 6.45) is 17.9. The minimum Gasteiger partial charge on any atom is -0.508 e. The highest BCUT2D eigenvalue weighted by molar-refractivity contribution is 5.92. The third-order valence-corrected chi connectivity index (χ3v) is 12.6. The standard InChI is InChI=1S/C25H38N2O6.C25H36N2O5/c1-33-25(32)21(17-18-10-9-13-20(29)16-18)26-24(31)23(19-11-5-4-6-12-19)27-22(30)14-7-2-3-8-15-28;1-31-25(30)21-17-18-10-9-13-20(16-18)32-15-8-3-2-7-14-22(28)27-23(24(29)26-21)19-11-5-4-6-12-19/h9-10,13,16,19,21,23,28-29H,2-8,11-12,14-15,17H2,1H3,(H,26,31)(H,27,30);9-10,13,16,19,21,23H,2-8,11-12,14-15,17H2,1H3,(H,26,29)(H,27,28)/t2*21?,23-/m00/s1. The normalized spacial score (nSPS) is 20.1. The molecule has 65 heavy (non-hydrogen) atoms. The molecule has 5 rings (SSSR count). The third kappa shape index (κ3) is 19.1. The lowest BCUT2D eigenvalue weighted by atomic mass is 9.83. The van der Waals surface area contributed by atoms with Crippen LogP contribution in [0.2, 0.25) is 0 Å². The number of aliphatic hydroxyl groups is 1. The second kappa shape index (κ2) is 29.4. The number of unbranched alkanes of at least 4 members (excludes halogenated alkanes) is 3. The van der Waals surface area contributed by atoms with Gasteiger partial charge in [-0.05, 0) is 98.6 Å². The van der Waals surface area contributed by atoms with Crippen LogP contribution in [0, 0.1) is 11.8 Å². The molecule has 2 saturated carbocycles. The Bertz CT molecular complexity index is 1800. The van der Waals surface area contributed by atoms with Crippen molar-refractivity contribution in [3.8, 4) is 11.5 Å². The number of carbonyl (C=O) groups excluding carboxylic acids is 6. The molecule has 15 heteroatoms. The van der Waals surface area contributed by atoms with Crippen LogP contribution in [0.1, 0.15) is 140 Å². The largest absolute Gasteiger partial charge is 0.508 e. The molecule has 6 N–H and O–H groups in total. The molecular formula is C50H74N4O11. The quantitative estimate of drug-likeness (QED) is 0.0914. The van der Waals surface area contributed by atoms with Gasteiger partial charge in [-0.25, -0.2) is 9.59 Å². The fourth-order valence-corrected chi connectivity index (χ4v) is 9.01. The van der Waals surface area contributed by atoms with E-state index in [1.54, 1.807) is 18.2 Å². The van der Waals surface area contributed by atoms with Gasteiger partial charge in [0.1, 0.15) is 35.7 Å². The van der Waals surface area contributed by atoms with Crippen molar-refractivity contribution >= 4 is 35.6 Å². The van der Waals surface area contributed by atoms with Gasteiger partial charge >= 0.3 is 11.9 Å². The van der Waals surface area contributed by atoms with E-state index in [9.17, 15) is 33.9 Å². The van der Waals surface area contributed by atoms with Crippen LogP contribution < -0.4 is 26.0 Å². The number of phenolic OH excluding ortho intramolecular Hbond substituents is 1. The minimum atomic E-state index is -0.925. The number of hydrogen-bond donors (Lipinski definition) is 6. The van der Waals surface area contributed by atoms with Crippen LogP contribution in [0.25, 0.3) is 0 Å². The first-order valence-corrected chi connectivity index (χ1v) is 24.0. The Morgan fingerprint density at radius 3 is 2.18 bits per heavy atom. The van der Waals surface area contributed by atoms with Crippen molar-refractivity contribution in [1.29, 1.82) is 0 Å². The molecular weight excluding hydrogens is 833 g/mol. The molecule has 2 aliphatic carbocycles. The number of benzene rings is 2. The summed E-state index contributed by atoms with van der Waals surface area (Å²) in [6.45, 7) is 0.761. The second-order valence-electron chi connectivity index (χ2n) is 17.7. The zero-order valence-electron chi connectivity index (χ0n) is 38.6. The number of nitrogens with one attached hydrogen (secondary N) is 4. The zero-order valence-corrected chi connectivity index (χ0v) is 38.6. The van der Waals surface area contributed by atoms with E-state index in [0.717, 1.165) is 120 Å². The lowest BCUT2D eigenvalue weighted by Crippen LogP contribution is -2.55. The molecule has 0 saturated heterocycles. The van der Waals surface area contributed by atoms with Crippen molar-refractivity contribution in [2.75, 3.05) is 27.4 Å². The highest BCUT2D eigenvalue weighted by Crippen LogP contribution is 2.29. The number of ether oxygens (including phenoxy) is 3.